The number of aliphatic hydroxyl groups excluding tert-OH is 1. The van der Waals surface area contributed by atoms with Crippen molar-refractivity contribution in [2.45, 2.75) is 31.8 Å². The Morgan fingerprint density at radius 1 is 1.05 bits per heavy atom. The third kappa shape index (κ3) is 5.45. The van der Waals surface area contributed by atoms with Crippen LogP contribution in [0.2, 0.25) is 5.02 Å². The average molecular weight is 574 g/mol. The highest BCUT2D eigenvalue weighted by Crippen LogP contribution is 2.37. The number of piperidine rings is 1. The summed E-state index contributed by atoms with van der Waals surface area (Å²) < 4.78 is 1.84. The molecular weight excluding hydrogens is 542 g/mol. The Balaban J connectivity index is 1.18. The van der Waals surface area contributed by atoms with Crippen molar-refractivity contribution in [1.82, 2.24) is 24.3 Å². The minimum atomic E-state index is -0.0732. The van der Waals surface area contributed by atoms with Gasteiger partial charge in [-0.3, -0.25) is 4.79 Å². The van der Waals surface area contributed by atoms with Gasteiger partial charge in [-0.15, -0.1) is 0 Å². The smallest absolute Gasteiger partial charge is 0.322 e. The molecule has 2 aliphatic heterocycles. The number of carbonyl (C=O) groups excluding carboxylic acids is 2. The van der Waals surface area contributed by atoms with Crippen LogP contribution in [-0.4, -0.2) is 80.2 Å². The normalized spacial score (nSPS) is 15.9. The third-order valence-corrected chi connectivity index (χ3v) is 8.26. The van der Waals surface area contributed by atoms with Gasteiger partial charge < -0.3 is 30.1 Å². The van der Waals surface area contributed by atoms with Crippen LogP contribution in [0.25, 0.3) is 22.2 Å². The fourth-order valence-electron chi connectivity index (χ4n) is 5.85. The van der Waals surface area contributed by atoms with E-state index < -0.39 is 0 Å². The molecule has 41 heavy (non-hydrogen) atoms. The van der Waals surface area contributed by atoms with Crippen LogP contribution in [0, 0.1) is 0 Å². The summed E-state index contributed by atoms with van der Waals surface area (Å²) in [7, 11) is 0. The van der Waals surface area contributed by atoms with E-state index in [2.05, 4.69) is 26.7 Å². The first-order chi connectivity index (χ1) is 20.0. The first-order valence-electron chi connectivity index (χ1n) is 13.9. The Kier molecular flexibility index (Phi) is 7.76. The second kappa shape index (κ2) is 11.8. The molecule has 0 aliphatic carbocycles. The highest BCUT2D eigenvalue weighted by Gasteiger charge is 2.31. The number of hydrogen-bond acceptors (Lipinski definition) is 6. The van der Waals surface area contributed by atoms with E-state index >= 15 is 0 Å². The number of anilines is 2. The number of para-hydroxylation sites is 1. The molecule has 212 valence electrons. The van der Waals surface area contributed by atoms with Crippen molar-refractivity contribution in [3.63, 3.8) is 0 Å². The summed E-state index contributed by atoms with van der Waals surface area (Å²) in [5.74, 6) is 0.561. The fourth-order valence-corrected chi connectivity index (χ4v) is 6.08. The molecule has 2 aromatic heterocycles. The van der Waals surface area contributed by atoms with E-state index in [9.17, 15) is 14.7 Å². The van der Waals surface area contributed by atoms with Crippen LogP contribution in [0.3, 0.4) is 0 Å². The molecule has 2 aromatic carbocycles. The zero-order chi connectivity index (χ0) is 28.3. The van der Waals surface area contributed by atoms with Crippen molar-refractivity contribution >= 4 is 46.1 Å². The van der Waals surface area contributed by atoms with Gasteiger partial charge in [0.05, 0.1) is 12.0 Å². The monoisotopic (exact) mass is 573 g/mol. The van der Waals surface area contributed by atoms with Gasteiger partial charge >= 0.3 is 6.03 Å². The second-order valence-electron chi connectivity index (χ2n) is 10.4. The largest absolute Gasteiger partial charge is 0.395 e. The maximum atomic E-state index is 13.5. The van der Waals surface area contributed by atoms with Crippen molar-refractivity contribution in [2.24, 2.45) is 0 Å². The van der Waals surface area contributed by atoms with Crippen LogP contribution in [0.5, 0.6) is 0 Å². The molecule has 1 fully saturated rings. The number of hydrogen-bond donors (Lipinski definition) is 3. The van der Waals surface area contributed by atoms with E-state index in [-0.39, 0.29) is 31.1 Å². The number of nitrogens with one attached hydrogen (secondary N) is 2. The molecule has 6 rings (SSSR count). The highest BCUT2D eigenvalue weighted by atomic mass is 35.5. The van der Waals surface area contributed by atoms with Crippen LogP contribution >= 0.6 is 11.6 Å². The van der Waals surface area contributed by atoms with Crippen LogP contribution in [-0.2, 0) is 17.8 Å². The van der Waals surface area contributed by atoms with Crippen LogP contribution in [0.4, 0.5) is 16.3 Å². The van der Waals surface area contributed by atoms with Crippen LogP contribution in [0.15, 0.2) is 61.1 Å². The highest BCUT2D eigenvalue weighted by molar-refractivity contribution is 6.33. The third-order valence-electron chi connectivity index (χ3n) is 7.93. The Labute approximate surface area is 242 Å². The number of aliphatic hydroxyl groups is 1. The predicted molar refractivity (Wildman–Crippen MR) is 159 cm³/mol. The van der Waals surface area contributed by atoms with Gasteiger partial charge in [-0.25, -0.2) is 14.8 Å². The Bertz CT molecular complexity index is 1580. The summed E-state index contributed by atoms with van der Waals surface area (Å²) in [6.07, 6.45) is 5.61. The zero-order valence-electron chi connectivity index (χ0n) is 22.6. The molecule has 0 saturated carbocycles. The van der Waals surface area contributed by atoms with E-state index in [4.69, 9.17) is 11.6 Å². The van der Waals surface area contributed by atoms with Gasteiger partial charge in [0.1, 0.15) is 24.3 Å². The molecule has 4 aromatic rings. The Morgan fingerprint density at radius 2 is 1.83 bits per heavy atom. The lowest BCUT2D eigenvalue weighted by Gasteiger charge is -2.38. The van der Waals surface area contributed by atoms with Gasteiger partial charge in [0.25, 0.3) is 0 Å². The molecule has 0 atom stereocenters. The molecule has 10 nitrogen and oxygen atoms in total. The topological polar surface area (TPSA) is 116 Å². The van der Waals surface area contributed by atoms with Crippen molar-refractivity contribution in [3.05, 3.63) is 71.6 Å². The number of rotatable bonds is 7. The molecule has 0 spiro atoms. The fraction of sp³-hybridized carbons (Fsp3) is 0.333. The molecule has 3 amide bonds. The molecule has 0 radical (unpaired) electrons. The molecule has 4 heterocycles. The van der Waals surface area contributed by atoms with Crippen molar-refractivity contribution in [2.75, 3.05) is 43.4 Å². The van der Waals surface area contributed by atoms with Crippen molar-refractivity contribution in [3.8, 4) is 11.1 Å². The van der Waals surface area contributed by atoms with Gasteiger partial charge in [0.2, 0.25) is 5.91 Å². The Hall–Kier alpha value is -4.15. The van der Waals surface area contributed by atoms with Crippen molar-refractivity contribution < 1.29 is 14.7 Å². The lowest BCUT2D eigenvalue weighted by atomic mass is 10.0. The number of aromatic nitrogens is 3. The maximum absolute atomic E-state index is 13.5. The average Bonchev–Trinajstić information content (AvgIpc) is 3.26. The molecule has 2 aliphatic rings. The number of fused-ring (bicyclic) bond motifs is 2. The standard InChI is InChI=1S/C30H32ClN7O3/c31-24-7-3-2-6-22(24)23-17-37(29-27(23)28(32-12-16-39)33-19-34-29)18-26(40)36-13-10-21(11-14-36)38-15-9-20-5-1-4-8-25(20)35-30(38)41/h1-8,17,19,21,39H,9-16,18H2,(H,35,41)(H,32,33,34). The van der Waals surface area contributed by atoms with Crippen LogP contribution < -0.4 is 10.6 Å². The minimum Gasteiger partial charge on any atom is -0.395 e. The molecule has 1 saturated heterocycles. The first-order valence-corrected chi connectivity index (χ1v) is 14.3. The van der Waals surface area contributed by atoms with Gasteiger partial charge in [-0.05, 0) is 37.0 Å². The lowest BCUT2D eigenvalue weighted by molar-refractivity contribution is -0.133. The van der Waals surface area contributed by atoms with Gasteiger partial charge in [-0.2, -0.15) is 0 Å². The van der Waals surface area contributed by atoms with Gasteiger partial charge in [-0.1, -0.05) is 48.0 Å². The number of carbonyl (C=O) groups is 2. The van der Waals surface area contributed by atoms with E-state index in [0.717, 1.165) is 47.0 Å². The van der Waals surface area contributed by atoms with Gasteiger partial charge in [0, 0.05) is 60.3 Å². The summed E-state index contributed by atoms with van der Waals surface area (Å²) >= 11 is 6.56. The van der Waals surface area contributed by atoms with E-state index in [1.165, 1.54) is 6.33 Å². The van der Waals surface area contributed by atoms with Crippen molar-refractivity contribution in [1.29, 1.82) is 0 Å². The lowest BCUT2D eigenvalue weighted by Crippen LogP contribution is -2.50. The quantitative estimate of drug-likeness (QED) is 0.305. The molecule has 3 N–H and O–H groups in total. The number of halogens is 1. The number of likely N-dealkylation sites (tertiary alicyclic amines) is 1. The van der Waals surface area contributed by atoms with Gasteiger partial charge in [0.15, 0.2) is 0 Å². The van der Waals surface area contributed by atoms with E-state index in [1.807, 2.05) is 63.0 Å². The summed E-state index contributed by atoms with van der Waals surface area (Å²) in [5.41, 5.74) is 4.25. The predicted octanol–water partition coefficient (Wildman–Crippen LogP) is 4.24. The maximum Gasteiger partial charge on any atom is 0.322 e. The SMILES string of the molecule is O=C(Cn1cc(-c2ccccc2Cl)c2c(NCCO)ncnc21)N1CCC(N2CCc3ccccc3NC2=O)CC1. The summed E-state index contributed by atoms with van der Waals surface area (Å²) in [6.45, 7) is 2.21. The molecular formula is C30H32ClN7O3. The second-order valence-corrected chi connectivity index (χ2v) is 10.8. The number of benzene rings is 2. The summed E-state index contributed by atoms with van der Waals surface area (Å²) in [5, 5.41) is 16.9. The molecule has 0 bridgehead atoms. The summed E-state index contributed by atoms with van der Waals surface area (Å²) in [6, 6.07) is 15.5. The number of nitrogens with zero attached hydrogens (tertiary/aromatic N) is 5. The zero-order valence-corrected chi connectivity index (χ0v) is 23.3. The van der Waals surface area contributed by atoms with Crippen LogP contribution in [0.1, 0.15) is 18.4 Å². The first kappa shape index (κ1) is 27.0. The van der Waals surface area contributed by atoms with E-state index in [1.54, 1.807) is 0 Å². The number of urea groups is 1. The Morgan fingerprint density at radius 3 is 2.63 bits per heavy atom. The van der Waals surface area contributed by atoms with E-state index in [0.29, 0.717) is 42.7 Å². The molecule has 0 unspecified atom stereocenters. The summed E-state index contributed by atoms with van der Waals surface area (Å²) in [4.78, 5) is 39.2. The minimum absolute atomic E-state index is 0.0118. The molecule has 11 heteroatoms. The number of amides is 3.